The van der Waals surface area contributed by atoms with Crippen molar-refractivity contribution in [1.29, 1.82) is 0 Å². The molecule has 0 spiro atoms. The molecule has 154 valence electrons. The standard InChI is InChI=1S/C23H28FN3O2/c1-27(2)15-20-22(28-18-6-4-17(24)5-7-18)10-8-19-21(26-29-23(19)20)9-3-16-11-13-25-14-12-16/h4-8,10,16,25H,3,9,11-15H2,1-2H3. The van der Waals surface area contributed by atoms with Gasteiger partial charge in [0.25, 0.3) is 0 Å². The number of hydrogen-bond donors (Lipinski definition) is 1. The summed E-state index contributed by atoms with van der Waals surface area (Å²) < 4.78 is 25.0. The molecular weight excluding hydrogens is 369 g/mol. The normalized spacial score (nSPS) is 15.3. The fourth-order valence-electron chi connectivity index (χ4n) is 3.97. The first kappa shape index (κ1) is 19.9. The average Bonchev–Trinajstić information content (AvgIpc) is 3.14. The van der Waals surface area contributed by atoms with Gasteiger partial charge in [0.2, 0.25) is 0 Å². The maximum absolute atomic E-state index is 13.2. The van der Waals surface area contributed by atoms with E-state index in [0.717, 1.165) is 54.1 Å². The highest BCUT2D eigenvalue weighted by Gasteiger charge is 2.20. The first-order chi connectivity index (χ1) is 14.1. The molecule has 1 fully saturated rings. The van der Waals surface area contributed by atoms with E-state index in [4.69, 9.17) is 9.26 Å². The van der Waals surface area contributed by atoms with Gasteiger partial charge >= 0.3 is 0 Å². The third-order valence-electron chi connectivity index (χ3n) is 5.54. The Hall–Kier alpha value is -2.44. The van der Waals surface area contributed by atoms with Crippen molar-refractivity contribution in [2.75, 3.05) is 27.2 Å². The first-order valence-electron chi connectivity index (χ1n) is 10.3. The van der Waals surface area contributed by atoms with Crippen LogP contribution in [0.3, 0.4) is 0 Å². The fraction of sp³-hybridized carbons (Fsp3) is 0.435. The largest absolute Gasteiger partial charge is 0.457 e. The zero-order chi connectivity index (χ0) is 20.2. The molecule has 0 amide bonds. The Kier molecular flexibility index (Phi) is 6.11. The van der Waals surface area contributed by atoms with E-state index < -0.39 is 0 Å². The molecule has 1 aliphatic rings. The van der Waals surface area contributed by atoms with Gasteiger partial charge in [-0.1, -0.05) is 5.16 Å². The van der Waals surface area contributed by atoms with E-state index in [9.17, 15) is 4.39 Å². The molecule has 0 bridgehead atoms. The van der Waals surface area contributed by atoms with Crippen LogP contribution in [0.2, 0.25) is 0 Å². The van der Waals surface area contributed by atoms with E-state index in [1.165, 1.54) is 25.0 Å². The minimum absolute atomic E-state index is 0.282. The summed E-state index contributed by atoms with van der Waals surface area (Å²) in [7, 11) is 4.02. The lowest BCUT2D eigenvalue weighted by atomic mass is 9.92. The molecule has 4 rings (SSSR count). The lowest BCUT2D eigenvalue weighted by Crippen LogP contribution is -2.27. The summed E-state index contributed by atoms with van der Waals surface area (Å²) in [6.45, 7) is 2.89. The molecule has 0 saturated carbocycles. The van der Waals surface area contributed by atoms with Crippen LogP contribution in [0.25, 0.3) is 11.0 Å². The second kappa shape index (κ2) is 8.93. The van der Waals surface area contributed by atoms with Gasteiger partial charge in [0.15, 0.2) is 5.58 Å². The van der Waals surface area contributed by atoms with E-state index in [2.05, 4.69) is 15.4 Å². The van der Waals surface area contributed by atoms with Crippen LogP contribution in [-0.2, 0) is 13.0 Å². The molecule has 29 heavy (non-hydrogen) atoms. The van der Waals surface area contributed by atoms with Crippen molar-refractivity contribution in [1.82, 2.24) is 15.4 Å². The quantitative estimate of drug-likeness (QED) is 0.623. The summed E-state index contributed by atoms with van der Waals surface area (Å²) >= 11 is 0. The predicted octanol–water partition coefficient (Wildman–Crippen LogP) is 4.75. The lowest BCUT2D eigenvalue weighted by molar-refractivity contribution is 0.349. The van der Waals surface area contributed by atoms with Gasteiger partial charge in [-0.2, -0.15) is 0 Å². The van der Waals surface area contributed by atoms with Gasteiger partial charge in [0, 0.05) is 11.9 Å². The van der Waals surface area contributed by atoms with Gasteiger partial charge in [-0.25, -0.2) is 4.39 Å². The summed E-state index contributed by atoms with van der Waals surface area (Å²) in [5.41, 5.74) is 2.75. The minimum atomic E-state index is -0.282. The SMILES string of the molecule is CN(C)Cc1c(Oc2ccc(F)cc2)ccc2c(CCC3CCNCC3)noc12. The van der Waals surface area contributed by atoms with E-state index >= 15 is 0 Å². The van der Waals surface area contributed by atoms with E-state index in [-0.39, 0.29) is 5.82 Å². The number of hydrogen-bond acceptors (Lipinski definition) is 5. The Bertz CT molecular complexity index is 947. The topological polar surface area (TPSA) is 50.5 Å². The van der Waals surface area contributed by atoms with Crippen molar-refractivity contribution in [3.05, 3.63) is 53.5 Å². The number of aromatic nitrogens is 1. The molecule has 2 heterocycles. The highest BCUT2D eigenvalue weighted by Crippen LogP contribution is 2.34. The van der Waals surface area contributed by atoms with Gasteiger partial charge in [-0.05, 0) is 95.2 Å². The van der Waals surface area contributed by atoms with Crippen molar-refractivity contribution in [3.8, 4) is 11.5 Å². The van der Waals surface area contributed by atoms with Crippen LogP contribution in [0, 0.1) is 11.7 Å². The smallest absolute Gasteiger partial charge is 0.175 e. The van der Waals surface area contributed by atoms with Gasteiger partial charge < -0.3 is 19.5 Å². The molecule has 0 aliphatic carbocycles. The van der Waals surface area contributed by atoms with E-state index in [1.54, 1.807) is 12.1 Å². The number of halogens is 1. The summed E-state index contributed by atoms with van der Waals surface area (Å²) in [5.74, 6) is 1.77. The molecule has 0 atom stereocenters. The van der Waals surface area contributed by atoms with Crippen LogP contribution in [0.15, 0.2) is 40.9 Å². The van der Waals surface area contributed by atoms with Crippen LogP contribution < -0.4 is 10.1 Å². The molecule has 2 aromatic carbocycles. The number of piperidine rings is 1. The Morgan fingerprint density at radius 1 is 1.14 bits per heavy atom. The van der Waals surface area contributed by atoms with Gasteiger partial charge in [0.05, 0.1) is 11.3 Å². The van der Waals surface area contributed by atoms with Crippen molar-refractivity contribution in [3.63, 3.8) is 0 Å². The molecule has 0 unspecified atom stereocenters. The Morgan fingerprint density at radius 3 is 2.62 bits per heavy atom. The number of aryl methyl sites for hydroxylation is 1. The first-order valence-corrected chi connectivity index (χ1v) is 10.3. The molecule has 1 aromatic heterocycles. The van der Waals surface area contributed by atoms with E-state index in [1.807, 2.05) is 26.2 Å². The molecule has 5 nitrogen and oxygen atoms in total. The van der Waals surface area contributed by atoms with E-state index in [0.29, 0.717) is 18.0 Å². The van der Waals surface area contributed by atoms with Crippen LogP contribution in [0.5, 0.6) is 11.5 Å². The monoisotopic (exact) mass is 397 g/mol. The minimum Gasteiger partial charge on any atom is -0.457 e. The van der Waals surface area contributed by atoms with Gasteiger partial charge in [-0.15, -0.1) is 0 Å². The number of benzene rings is 2. The third kappa shape index (κ3) is 4.77. The number of nitrogens with zero attached hydrogens (tertiary/aromatic N) is 2. The van der Waals surface area contributed by atoms with Crippen LogP contribution >= 0.6 is 0 Å². The predicted molar refractivity (Wildman–Crippen MR) is 112 cm³/mol. The molecule has 1 N–H and O–H groups in total. The van der Waals surface area contributed by atoms with Crippen molar-refractivity contribution in [2.24, 2.45) is 5.92 Å². The molecule has 6 heteroatoms. The van der Waals surface area contributed by atoms with Gasteiger partial charge in [0.1, 0.15) is 17.3 Å². The lowest BCUT2D eigenvalue weighted by Gasteiger charge is -2.21. The fourth-order valence-corrected chi connectivity index (χ4v) is 3.97. The second-order valence-corrected chi connectivity index (χ2v) is 8.07. The molecule has 3 aromatic rings. The maximum Gasteiger partial charge on any atom is 0.175 e. The summed E-state index contributed by atoms with van der Waals surface area (Å²) in [6, 6.07) is 10.0. The van der Waals surface area contributed by atoms with Crippen LogP contribution in [0.1, 0.15) is 30.5 Å². The summed E-state index contributed by atoms with van der Waals surface area (Å²) in [4.78, 5) is 2.07. The number of nitrogens with one attached hydrogen (secondary N) is 1. The zero-order valence-corrected chi connectivity index (χ0v) is 17.1. The Balaban J connectivity index is 1.60. The maximum atomic E-state index is 13.2. The Morgan fingerprint density at radius 2 is 1.90 bits per heavy atom. The number of rotatable bonds is 7. The zero-order valence-electron chi connectivity index (χ0n) is 17.1. The Labute approximate surface area is 170 Å². The molecule has 1 aliphatic heterocycles. The summed E-state index contributed by atoms with van der Waals surface area (Å²) in [6.07, 6.45) is 4.53. The number of ether oxygens (including phenoxy) is 1. The second-order valence-electron chi connectivity index (χ2n) is 8.07. The molecule has 0 radical (unpaired) electrons. The highest BCUT2D eigenvalue weighted by molar-refractivity contribution is 5.84. The third-order valence-corrected chi connectivity index (χ3v) is 5.54. The van der Waals surface area contributed by atoms with Crippen LogP contribution in [0.4, 0.5) is 4.39 Å². The van der Waals surface area contributed by atoms with Crippen molar-refractivity contribution >= 4 is 11.0 Å². The molecule has 1 saturated heterocycles. The highest BCUT2D eigenvalue weighted by atomic mass is 19.1. The van der Waals surface area contributed by atoms with Gasteiger partial charge in [-0.3, -0.25) is 0 Å². The van der Waals surface area contributed by atoms with Crippen LogP contribution in [-0.4, -0.2) is 37.2 Å². The van der Waals surface area contributed by atoms with Crippen molar-refractivity contribution < 1.29 is 13.7 Å². The molecular formula is C23H28FN3O2. The van der Waals surface area contributed by atoms with Crippen molar-refractivity contribution in [2.45, 2.75) is 32.2 Å². The number of fused-ring (bicyclic) bond motifs is 1. The summed E-state index contributed by atoms with van der Waals surface area (Å²) in [5, 5.41) is 8.87. The average molecular weight is 397 g/mol.